The highest BCUT2D eigenvalue weighted by Gasteiger charge is 2.35. The van der Waals surface area contributed by atoms with Gasteiger partial charge in [0.2, 0.25) is 15.9 Å². The van der Waals surface area contributed by atoms with E-state index >= 15 is 0 Å². The van der Waals surface area contributed by atoms with Crippen molar-refractivity contribution in [1.29, 1.82) is 0 Å². The number of amides is 1. The third kappa shape index (κ3) is 5.11. The van der Waals surface area contributed by atoms with Crippen LogP contribution in [0.3, 0.4) is 0 Å². The molecule has 0 N–H and O–H groups in total. The zero-order valence-electron chi connectivity index (χ0n) is 20.4. The van der Waals surface area contributed by atoms with Gasteiger partial charge in [0, 0.05) is 31.4 Å². The molecule has 5 rings (SSSR count). The number of pyridine rings is 1. The summed E-state index contributed by atoms with van der Waals surface area (Å²) in [6.07, 6.45) is 3.89. The van der Waals surface area contributed by atoms with Crippen molar-refractivity contribution in [2.45, 2.75) is 24.3 Å². The second-order valence-electron chi connectivity index (χ2n) is 8.84. The molecule has 38 heavy (non-hydrogen) atoms. The average molecular weight is 559 g/mol. The second kappa shape index (κ2) is 10.7. The number of hydrogen-bond donors (Lipinski definition) is 0. The van der Waals surface area contributed by atoms with Crippen LogP contribution in [0, 0.1) is 17.6 Å². The highest BCUT2D eigenvalue weighted by Crippen LogP contribution is 2.36. The minimum absolute atomic E-state index is 0.0755. The summed E-state index contributed by atoms with van der Waals surface area (Å²) in [5.41, 5.74) is 1.48. The van der Waals surface area contributed by atoms with Crippen molar-refractivity contribution in [1.82, 2.24) is 14.3 Å². The quantitative estimate of drug-likeness (QED) is 0.329. The number of rotatable bonds is 7. The van der Waals surface area contributed by atoms with Crippen LogP contribution in [0.15, 0.2) is 65.8 Å². The van der Waals surface area contributed by atoms with Crippen LogP contribution < -0.4 is 9.64 Å². The Balaban J connectivity index is 1.38. The van der Waals surface area contributed by atoms with E-state index in [-0.39, 0.29) is 43.3 Å². The molecule has 0 unspecified atom stereocenters. The molecule has 0 atom stereocenters. The Morgan fingerprint density at radius 3 is 2.61 bits per heavy atom. The number of para-hydroxylation sites is 1. The van der Waals surface area contributed by atoms with Crippen molar-refractivity contribution in [3.8, 4) is 5.75 Å². The Bertz CT molecular complexity index is 1570. The van der Waals surface area contributed by atoms with Crippen LogP contribution in [-0.4, -0.2) is 48.8 Å². The van der Waals surface area contributed by atoms with E-state index in [1.165, 1.54) is 15.6 Å². The lowest BCUT2D eigenvalue weighted by Gasteiger charge is -2.33. The van der Waals surface area contributed by atoms with Crippen molar-refractivity contribution in [3.05, 3.63) is 78.1 Å². The summed E-state index contributed by atoms with van der Waals surface area (Å²) in [4.78, 5) is 24.0. The SMILES string of the molecule is COc1cccc2sc(N(Cc3cccnc3)C(=O)C3CCN(S(=O)(=O)c4ccc(F)c(F)c4)CC3)nc12. The van der Waals surface area contributed by atoms with E-state index < -0.39 is 27.6 Å². The topological polar surface area (TPSA) is 92.7 Å². The van der Waals surface area contributed by atoms with Gasteiger partial charge in [0.05, 0.1) is 23.2 Å². The van der Waals surface area contributed by atoms with E-state index in [4.69, 9.17) is 9.72 Å². The van der Waals surface area contributed by atoms with Gasteiger partial charge in [0.25, 0.3) is 0 Å². The van der Waals surface area contributed by atoms with Gasteiger partial charge in [-0.2, -0.15) is 4.31 Å². The fourth-order valence-corrected chi connectivity index (χ4v) is 6.93. The van der Waals surface area contributed by atoms with Gasteiger partial charge in [-0.25, -0.2) is 22.2 Å². The molecule has 4 aromatic rings. The molecule has 0 aliphatic carbocycles. The number of carbonyl (C=O) groups excluding carboxylic acids is 1. The Labute approximate surface area is 222 Å². The number of hydrogen-bond acceptors (Lipinski definition) is 7. The van der Waals surface area contributed by atoms with Crippen molar-refractivity contribution in [3.63, 3.8) is 0 Å². The Hall–Kier alpha value is -3.48. The number of carbonyl (C=O) groups is 1. The van der Waals surface area contributed by atoms with E-state index in [2.05, 4.69) is 4.98 Å². The molecule has 1 fully saturated rings. The molecule has 1 amide bonds. The number of halogens is 2. The Morgan fingerprint density at radius 1 is 1.13 bits per heavy atom. The standard InChI is InChI=1S/C26H24F2N4O4S2/c1-36-22-5-2-6-23-24(22)30-26(37-23)32(16-17-4-3-11-29-15-17)25(33)18-9-12-31(13-10-18)38(34,35)19-7-8-20(27)21(28)14-19/h2-8,11,14-15,18H,9-10,12-13,16H2,1H3. The van der Waals surface area contributed by atoms with Gasteiger partial charge in [-0.3, -0.25) is 14.7 Å². The highest BCUT2D eigenvalue weighted by molar-refractivity contribution is 7.89. The molecule has 0 spiro atoms. The number of thiazole rings is 1. The molecule has 1 saturated heterocycles. The second-order valence-corrected chi connectivity index (χ2v) is 11.8. The molecule has 2 aromatic heterocycles. The van der Waals surface area contributed by atoms with Crippen molar-refractivity contribution in [2.75, 3.05) is 25.1 Å². The first-order valence-electron chi connectivity index (χ1n) is 11.9. The Morgan fingerprint density at radius 2 is 1.92 bits per heavy atom. The predicted octanol–water partition coefficient (Wildman–Crippen LogP) is 4.61. The maximum absolute atomic E-state index is 13.8. The number of anilines is 1. The molecule has 1 aliphatic rings. The summed E-state index contributed by atoms with van der Waals surface area (Å²) in [5, 5.41) is 0.509. The molecule has 12 heteroatoms. The number of ether oxygens (including phenoxy) is 1. The summed E-state index contributed by atoms with van der Waals surface area (Å²) in [5.74, 6) is -2.35. The van der Waals surface area contributed by atoms with E-state index in [1.807, 2.05) is 24.3 Å². The van der Waals surface area contributed by atoms with Crippen LogP contribution in [0.2, 0.25) is 0 Å². The van der Waals surface area contributed by atoms with Gasteiger partial charge in [0.1, 0.15) is 11.3 Å². The summed E-state index contributed by atoms with van der Waals surface area (Å²) >= 11 is 1.37. The van der Waals surface area contributed by atoms with Gasteiger partial charge in [0.15, 0.2) is 16.8 Å². The number of benzene rings is 2. The zero-order valence-corrected chi connectivity index (χ0v) is 22.0. The first kappa shape index (κ1) is 26.1. The minimum atomic E-state index is -4.03. The molecule has 8 nitrogen and oxygen atoms in total. The molecule has 1 aliphatic heterocycles. The van der Waals surface area contributed by atoms with E-state index in [1.54, 1.807) is 30.5 Å². The molecule has 0 saturated carbocycles. The molecular weight excluding hydrogens is 534 g/mol. The smallest absolute Gasteiger partial charge is 0.243 e. The summed E-state index contributed by atoms with van der Waals surface area (Å²) in [6, 6.07) is 11.8. The van der Waals surface area contributed by atoms with E-state index in [0.717, 1.165) is 22.4 Å². The van der Waals surface area contributed by atoms with Crippen molar-refractivity contribution < 1.29 is 26.7 Å². The largest absolute Gasteiger partial charge is 0.494 e. The number of nitrogens with zero attached hydrogens (tertiary/aromatic N) is 4. The molecule has 2 aromatic carbocycles. The van der Waals surface area contributed by atoms with Crippen LogP contribution in [0.5, 0.6) is 5.75 Å². The fourth-order valence-electron chi connectivity index (χ4n) is 4.46. The first-order valence-corrected chi connectivity index (χ1v) is 14.1. The summed E-state index contributed by atoms with van der Waals surface area (Å²) < 4.78 is 60.5. The maximum Gasteiger partial charge on any atom is 0.243 e. The van der Waals surface area contributed by atoms with Crippen LogP contribution in [-0.2, 0) is 21.4 Å². The number of sulfonamides is 1. The normalized spacial score (nSPS) is 15.0. The van der Waals surface area contributed by atoms with Crippen LogP contribution >= 0.6 is 11.3 Å². The maximum atomic E-state index is 13.8. The lowest BCUT2D eigenvalue weighted by molar-refractivity contribution is -0.123. The van der Waals surface area contributed by atoms with Gasteiger partial charge < -0.3 is 4.74 Å². The molecule has 3 heterocycles. The predicted molar refractivity (Wildman–Crippen MR) is 139 cm³/mol. The number of aromatic nitrogens is 2. The van der Waals surface area contributed by atoms with Gasteiger partial charge >= 0.3 is 0 Å². The molecule has 198 valence electrons. The monoisotopic (exact) mass is 558 g/mol. The first-order chi connectivity index (χ1) is 18.3. The number of methoxy groups -OCH3 is 1. The summed E-state index contributed by atoms with van der Waals surface area (Å²) in [7, 11) is -2.46. The van der Waals surface area contributed by atoms with Crippen molar-refractivity contribution in [2.24, 2.45) is 5.92 Å². The lowest BCUT2D eigenvalue weighted by Crippen LogP contribution is -2.44. The van der Waals surface area contributed by atoms with Crippen LogP contribution in [0.4, 0.5) is 13.9 Å². The van der Waals surface area contributed by atoms with E-state index in [9.17, 15) is 22.0 Å². The number of fused-ring (bicyclic) bond motifs is 1. The number of piperidine rings is 1. The lowest BCUT2D eigenvalue weighted by atomic mass is 9.96. The fraction of sp³-hybridized carbons (Fsp3) is 0.269. The highest BCUT2D eigenvalue weighted by atomic mass is 32.2. The Kier molecular flexibility index (Phi) is 7.37. The molecular formula is C26H24F2N4O4S2. The molecule has 0 bridgehead atoms. The van der Waals surface area contributed by atoms with Gasteiger partial charge in [-0.05, 0) is 54.8 Å². The minimum Gasteiger partial charge on any atom is -0.494 e. The van der Waals surface area contributed by atoms with Crippen LogP contribution in [0.25, 0.3) is 10.2 Å². The van der Waals surface area contributed by atoms with Gasteiger partial charge in [-0.1, -0.05) is 23.5 Å². The van der Waals surface area contributed by atoms with Gasteiger partial charge in [-0.15, -0.1) is 0 Å². The third-order valence-corrected chi connectivity index (χ3v) is 9.42. The third-order valence-electron chi connectivity index (χ3n) is 6.48. The molecule has 0 radical (unpaired) electrons. The van der Waals surface area contributed by atoms with Crippen molar-refractivity contribution >= 4 is 42.6 Å². The van der Waals surface area contributed by atoms with Crippen LogP contribution in [0.1, 0.15) is 18.4 Å². The van der Waals surface area contributed by atoms with E-state index in [0.29, 0.717) is 22.5 Å². The zero-order chi connectivity index (χ0) is 26.9. The summed E-state index contributed by atoms with van der Waals surface area (Å²) in [6.45, 7) is 0.403. The average Bonchev–Trinajstić information content (AvgIpc) is 3.37.